The van der Waals surface area contributed by atoms with Gasteiger partial charge < -0.3 is 14.0 Å². The van der Waals surface area contributed by atoms with Crippen molar-refractivity contribution in [2.45, 2.75) is 20.4 Å². The van der Waals surface area contributed by atoms with Crippen molar-refractivity contribution in [3.05, 3.63) is 53.3 Å². The Bertz CT molecular complexity index is 810. The van der Waals surface area contributed by atoms with E-state index in [2.05, 4.69) is 35.5 Å². The second-order valence-corrected chi connectivity index (χ2v) is 5.36. The third-order valence-corrected chi connectivity index (χ3v) is 4.21. The summed E-state index contributed by atoms with van der Waals surface area (Å²) in [4.78, 5) is 4.35. The highest BCUT2D eigenvalue weighted by molar-refractivity contribution is 5.89. The Labute approximate surface area is 142 Å². The van der Waals surface area contributed by atoms with Gasteiger partial charge in [-0.2, -0.15) is 0 Å². The summed E-state index contributed by atoms with van der Waals surface area (Å²) in [5.74, 6) is 1.54. The summed E-state index contributed by atoms with van der Waals surface area (Å²) < 4.78 is 12.9. The van der Waals surface area contributed by atoms with Crippen LogP contribution in [0.2, 0.25) is 0 Å². The number of ether oxygens (including phenoxy) is 2. The smallest absolute Gasteiger partial charge is 0.238 e. The first-order chi connectivity index (χ1) is 10.7. The lowest BCUT2D eigenvalue weighted by Gasteiger charge is -2.11. The van der Waals surface area contributed by atoms with Crippen molar-refractivity contribution < 1.29 is 9.47 Å². The molecule has 0 radical (unpaired) electrons. The van der Waals surface area contributed by atoms with Crippen LogP contribution in [0.3, 0.4) is 0 Å². The summed E-state index contributed by atoms with van der Waals surface area (Å²) in [5.41, 5.74) is 4.77. The molecule has 0 aliphatic rings. The predicted molar refractivity (Wildman–Crippen MR) is 95.1 cm³/mol. The molecule has 0 amide bonds. The molecule has 2 aromatic heterocycles. The molecule has 0 spiro atoms. The van der Waals surface area contributed by atoms with Crippen LogP contribution in [0.25, 0.3) is 10.9 Å². The van der Waals surface area contributed by atoms with Gasteiger partial charge in [0.05, 0.1) is 14.2 Å². The molecule has 0 saturated carbocycles. The molecular formula is C18H21ClN2O2. The lowest BCUT2D eigenvalue weighted by molar-refractivity contribution is 0.401. The Morgan fingerprint density at radius 1 is 1.00 bits per heavy atom. The van der Waals surface area contributed by atoms with E-state index in [1.807, 2.05) is 18.2 Å². The van der Waals surface area contributed by atoms with Gasteiger partial charge in [-0.3, -0.25) is 0 Å². The number of fused-ring (bicyclic) bond motifs is 1. The zero-order chi connectivity index (χ0) is 15.7. The number of nitrogens with zero attached hydrogens (tertiary/aromatic N) is 2. The van der Waals surface area contributed by atoms with E-state index in [1.165, 1.54) is 22.2 Å². The van der Waals surface area contributed by atoms with Crippen LogP contribution in [0, 0.1) is 13.8 Å². The Morgan fingerprint density at radius 3 is 2.30 bits per heavy atom. The third-order valence-electron chi connectivity index (χ3n) is 4.21. The molecule has 3 rings (SSSR count). The topological polar surface area (TPSA) is 36.3 Å². The van der Waals surface area contributed by atoms with Crippen LogP contribution in [-0.4, -0.2) is 23.8 Å². The lowest BCUT2D eigenvalue weighted by atomic mass is 10.2. The van der Waals surface area contributed by atoms with Gasteiger partial charge in [0.25, 0.3) is 0 Å². The first kappa shape index (κ1) is 17.2. The van der Waals surface area contributed by atoms with Crippen LogP contribution in [-0.2, 0) is 6.54 Å². The number of aryl methyl sites for hydroxylation is 1. The molecule has 2 heterocycles. The number of rotatable bonds is 4. The monoisotopic (exact) mass is 332 g/mol. The fourth-order valence-electron chi connectivity index (χ4n) is 2.82. The van der Waals surface area contributed by atoms with E-state index in [4.69, 9.17) is 9.47 Å². The van der Waals surface area contributed by atoms with Gasteiger partial charge in [0.15, 0.2) is 0 Å². The quantitative estimate of drug-likeness (QED) is 0.720. The largest absolute Gasteiger partial charge is 0.497 e. The van der Waals surface area contributed by atoms with Crippen LogP contribution in [0.1, 0.15) is 16.8 Å². The normalized spacial score (nSPS) is 10.4. The summed E-state index contributed by atoms with van der Waals surface area (Å²) >= 11 is 0. The minimum absolute atomic E-state index is 0. The maximum Gasteiger partial charge on any atom is 0.238 e. The maximum atomic E-state index is 5.46. The molecule has 4 nitrogen and oxygen atoms in total. The average molecular weight is 333 g/mol. The summed E-state index contributed by atoms with van der Waals surface area (Å²) in [5, 5.41) is 1.19. The van der Waals surface area contributed by atoms with Crippen molar-refractivity contribution >= 4 is 23.3 Å². The van der Waals surface area contributed by atoms with Crippen molar-refractivity contribution in [3.8, 4) is 11.6 Å². The van der Waals surface area contributed by atoms with E-state index in [-0.39, 0.29) is 12.4 Å². The number of halogens is 1. The van der Waals surface area contributed by atoms with Crippen LogP contribution in [0.15, 0.2) is 36.5 Å². The Hall–Kier alpha value is -2.20. The minimum atomic E-state index is 0. The Balaban J connectivity index is 0.00000192. The number of pyridine rings is 1. The molecule has 5 heteroatoms. The van der Waals surface area contributed by atoms with Gasteiger partial charge in [-0.1, -0.05) is 12.1 Å². The van der Waals surface area contributed by atoms with Crippen LogP contribution in [0.5, 0.6) is 11.6 Å². The molecule has 0 bridgehead atoms. The molecule has 0 unspecified atom stereocenters. The number of benzene rings is 1. The van der Waals surface area contributed by atoms with Crippen molar-refractivity contribution in [2.24, 2.45) is 0 Å². The molecule has 1 aromatic carbocycles. The molecule has 0 aliphatic heterocycles. The third kappa shape index (κ3) is 2.99. The fraction of sp³-hybridized carbons (Fsp3) is 0.278. The molecule has 0 fully saturated rings. The molecule has 0 saturated heterocycles. The molecule has 0 aliphatic carbocycles. The SMILES string of the molecule is COc1ccc(Cn2c(C)c(C)c3ccnc(OC)c32)cc1.Cl. The second-order valence-electron chi connectivity index (χ2n) is 5.36. The summed E-state index contributed by atoms with van der Waals surface area (Å²) in [7, 11) is 3.34. The number of methoxy groups -OCH3 is 2. The van der Waals surface area contributed by atoms with Gasteiger partial charge in [-0.05, 0) is 43.2 Å². The zero-order valence-electron chi connectivity index (χ0n) is 13.8. The Kier molecular flexibility index (Phi) is 5.16. The van der Waals surface area contributed by atoms with E-state index >= 15 is 0 Å². The molecular weight excluding hydrogens is 312 g/mol. The van der Waals surface area contributed by atoms with Crippen LogP contribution < -0.4 is 9.47 Å². The highest BCUT2D eigenvalue weighted by Crippen LogP contribution is 2.31. The molecule has 0 N–H and O–H groups in total. The average Bonchev–Trinajstić information content (AvgIpc) is 2.80. The van der Waals surface area contributed by atoms with Gasteiger partial charge in [-0.15, -0.1) is 12.4 Å². The first-order valence-electron chi connectivity index (χ1n) is 7.27. The molecule has 3 aromatic rings. The van der Waals surface area contributed by atoms with E-state index < -0.39 is 0 Å². The van der Waals surface area contributed by atoms with Crippen molar-refractivity contribution in [1.29, 1.82) is 0 Å². The standard InChI is InChI=1S/C18H20N2O2.ClH/c1-12-13(2)20(11-14-5-7-15(21-3)8-6-14)17-16(12)9-10-19-18(17)22-4;/h5-10H,11H2,1-4H3;1H. The minimum Gasteiger partial charge on any atom is -0.497 e. The molecule has 122 valence electrons. The highest BCUT2D eigenvalue weighted by Gasteiger charge is 2.15. The second kappa shape index (κ2) is 6.92. The number of hydrogen-bond acceptors (Lipinski definition) is 3. The van der Waals surface area contributed by atoms with Crippen LogP contribution in [0.4, 0.5) is 0 Å². The van der Waals surface area contributed by atoms with Gasteiger partial charge >= 0.3 is 0 Å². The molecule has 0 atom stereocenters. The zero-order valence-corrected chi connectivity index (χ0v) is 14.6. The van der Waals surface area contributed by atoms with Gasteiger partial charge in [0.1, 0.15) is 11.3 Å². The van der Waals surface area contributed by atoms with E-state index in [1.54, 1.807) is 20.4 Å². The highest BCUT2D eigenvalue weighted by atomic mass is 35.5. The van der Waals surface area contributed by atoms with Crippen molar-refractivity contribution in [2.75, 3.05) is 14.2 Å². The summed E-state index contributed by atoms with van der Waals surface area (Å²) in [6, 6.07) is 10.2. The van der Waals surface area contributed by atoms with E-state index in [0.29, 0.717) is 5.88 Å². The fourth-order valence-corrected chi connectivity index (χ4v) is 2.82. The van der Waals surface area contributed by atoms with E-state index in [0.717, 1.165) is 17.8 Å². The number of hydrogen-bond donors (Lipinski definition) is 0. The van der Waals surface area contributed by atoms with Crippen LogP contribution >= 0.6 is 12.4 Å². The van der Waals surface area contributed by atoms with E-state index in [9.17, 15) is 0 Å². The van der Waals surface area contributed by atoms with Crippen molar-refractivity contribution in [3.63, 3.8) is 0 Å². The number of aromatic nitrogens is 2. The maximum absolute atomic E-state index is 5.46. The first-order valence-corrected chi connectivity index (χ1v) is 7.27. The lowest BCUT2D eigenvalue weighted by Crippen LogP contribution is -2.03. The van der Waals surface area contributed by atoms with Gasteiger partial charge in [-0.25, -0.2) is 4.98 Å². The predicted octanol–water partition coefficient (Wildman–Crippen LogP) is 4.14. The summed E-state index contributed by atoms with van der Waals surface area (Å²) in [6.07, 6.45) is 1.80. The van der Waals surface area contributed by atoms with Gasteiger partial charge in [0, 0.05) is 23.8 Å². The van der Waals surface area contributed by atoms with Crippen molar-refractivity contribution in [1.82, 2.24) is 9.55 Å². The van der Waals surface area contributed by atoms with Gasteiger partial charge in [0.2, 0.25) is 5.88 Å². The Morgan fingerprint density at radius 2 is 1.70 bits per heavy atom. The molecule has 23 heavy (non-hydrogen) atoms. The summed E-state index contributed by atoms with van der Waals surface area (Å²) in [6.45, 7) is 5.06.